The highest BCUT2D eigenvalue weighted by molar-refractivity contribution is 8.00. The molecule has 0 aromatic carbocycles. The number of hydrogen-bond acceptors (Lipinski definition) is 3. The Bertz CT molecular complexity index is 204. The van der Waals surface area contributed by atoms with Crippen LogP contribution >= 0.6 is 24.2 Å². The van der Waals surface area contributed by atoms with Crippen LogP contribution in [-0.2, 0) is 4.79 Å². The molecule has 2 aliphatic rings. The molecule has 2 aliphatic heterocycles. The minimum atomic E-state index is 0. The Kier molecular flexibility index (Phi) is 5.79. The van der Waals surface area contributed by atoms with Crippen LogP contribution in [0.1, 0.15) is 19.3 Å². The predicted octanol–water partition coefficient (Wildman–Crippen LogP) is 1.03. The molecular weight excluding hydrogens is 232 g/mol. The number of amides is 1. The molecule has 0 spiro atoms. The third-order valence-electron chi connectivity index (χ3n) is 2.96. The number of carbonyl (C=O) groups is 1. The number of halogens is 1. The maximum Gasteiger partial charge on any atom is 0.224 e. The summed E-state index contributed by atoms with van der Waals surface area (Å²) in [6.45, 7) is 2.74. The topological polar surface area (TPSA) is 41.1 Å². The molecule has 88 valence electrons. The van der Waals surface area contributed by atoms with Gasteiger partial charge in [0.05, 0.1) is 5.92 Å². The Labute approximate surface area is 102 Å². The summed E-state index contributed by atoms with van der Waals surface area (Å²) in [5.74, 6) is 1.75. The van der Waals surface area contributed by atoms with Crippen molar-refractivity contribution in [3.8, 4) is 0 Å². The number of hydrogen-bond donors (Lipinski definition) is 2. The first kappa shape index (κ1) is 13.1. The minimum absolute atomic E-state index is 0. The zero-order valence-corrected chi connectivity index (χ0v) is 10.5. The van der Waals surface area contributed by atoms with E-state index < -0.39 is 0 Å². The summed E-state index contributed by atoms with van der Waals surface area (Å²) >= 11 is 2.00. The lowest BCUT2D eigenvalue weighted by Crippen LogP contribution is -2.35. The molecule has 2 saturated heterocycles. The molecule has 0 bridgehead atoms. The molecule has 2 atom stereocenters. The van der Waals surface area contributed by atoms with Crippen molar-refractivity contribution in [1.29, 1.82) is 0 Å². The average molecular weight is 251 g/mol. The molecule has 0 radical (unpaired) electrons. The summed E-state index contributed by atoms with van der Waals surface area (Å²) < 4.78 is 0. The molecule has 2 heterocycles. The fraction of sp³-hybridized carbons (Fsp3) is 0.900. The molecule has 0 aliphatic carbocycles. The van der Waals surface area contributed by atoms with Gasteiger partial charge in [0.1, 0.15) is 0 Å². The summed E-state index contributed by atoms with van der Waals surface area (Å²) in [4.78, 5) is 11.6. The van der Waals surface area contributed by atoms with Gasteiger partial charge in [-0.05, 0) is 31.6 Å². The zero-order chi connectivity index (χ0) is 9.80. The summed E-state index contributed by atoms with van der Waals surface area (Å²) in [7, 11) is 0. The van der Waals surface area contributed by atoms with E-state index in [9.17, 15) is 4.79 Å². The lowest BCUT2D eigenvalue weighted by molar-refractivity contribution is -0.124. The van der Waals surface area contributed by atoms with E-state index in [-0.39, 0.29) is 24.2 Å². The molecule has 1 unspecified atom stereocenters. The van der Waals surface area contributed by atoms with E-state index in [1.54, 1.807) is 0 Å². The van der Waals surface area contributed by atoms with Gasteiger partial charge in [-0.25, -0.2) is 0 Å². The molecular formula is C10H19ClN2OS. The van der Waals surface area contributed by atoms with Crippen LogP contribution in [0.15, 0.2) is 0 Å². The first-order valence-corrected chi connectivity index (χ1v) is 6.51. The van der Waals surface area contributed by atoms with E-state index in [4.69, 9.17) is 0 Å². The summed E-state index contributed by atoms with van der Waals surface area (Å²) in [6, 6.07) is 0. The first-order chi connectivity index (χ1) is 6.86. The van der Waals surface area contributed by atoms with Crippen LogP contribution < -0.4 is 10.6 Å². The van der Waals surface area contributed by atoms with Gasteiger partial charge in [0, 0.05) is 18.3 Å². The van der Waals surface area contributed by atoms with Gasteiger partial charge in [0.15, 0.2) is 0 Å². The largest absolute Gasteiger partial charge is 0.355 e. The third kappa shape index (κ3) is 3.85. The van der Waals surface area contributed by atoms with Crippen molar-refractivity contribution in [3.05, 3.63) is 0 Å². The van der Waals surface area contributed by atoms with Crippen LogP contribution in [0.4, 0.5) is 0 Å². The Morgan fingerprint density at radius 1 is 1.47 bits per heavy atom. The van der Waals surface area contributed by atoms with Crippen molar-refractivity contribution in [3.63, 3.8) is 0 Å². The fourth-order valence-corrected chi connectivity index (χ4v) is 3.24. The van der Waals surface area contributed by atoms with E-state index in [2.05, 4.69) is 10.6 Å². The second-order valence-corrected chi connectivity index (χ2v) is 5.48. The quantitative estimate of drug-likeness (QED) is 0.786. The summed E-state index contributed by atoms with van der Waals surface area (Å²) in [5, 5.41) is 6.96. The second kappa shape index (κ2) is 6.61. The van der Waals surface area contributed by atoms with Gasteiger partial charge in [0.2, 0.25) is 5.91 Å². The van der Waals surface area contributed by atoms with E-state index in [0.29, 0.717) is 5.25 Å². The molecule has 0 aromatic rings. The summed E-state index contributed by atoms with van der Waals surface area (Å²) in [5.41, 5.74) is 0. The van der Waals surface area contributed by atoms with Crippen molar-refractivity contribution < 1.29 is 4.79 Å². The zero-order valence-electron chi connectivity index (χ0n) is 8.83. The van der Waals surface area contributed by atoms with Gasteiger partial charge >= 0.3 is 0 Å². The molecule has 5 heteroatoms. The van der Waals surface area contributed by atoms with Crippen LogP contribution in [-0.4, -0.2) is 36.5 Å². The predicted molar refractivity (Wildman–Crippen MR) is 66.7 cm³/mol. The van der Waals surface area contributed by atoms with Crippen molar-refractivity contribution >= 4 is 30.1 Å². The highest BCUT2D eigenvalue weighted by Gasteiger charge is 2.23. The molecule has 2 rings (SSSR count). The average Bonchev–Trinajstić information content (AvgIpc) is 2.87. The van der Waals surface area contributed by atoms with Crippen LogP contribution in [0.2, 0.25) is 0 Å². The van der Waals surface area contributed by atoms with Crippen LogP contribution in [0.3, 0.4) is 0 Å². The SMILES string of the molecule is Cl.O=C(NCC1CCCS1)[C@@H]1CCNC1. The Morgan fingerprint density at radius 2 is 2.33 bits per heavy atom. The number of carbonyl (C=O) groups excluding carboxylic acids is 1. The Balaban J connectivity index is 0.00000112. The number of rotatable bonds is 3. The Hall–Kier alpha value is 0.0700. The van der Waals surface area contributed by atoms with Crippen LogP contribution in [0, 0.1) is 5.92 Å². The highest BCUT2D eigenvalue weighted by Crippen LogP contribution is 2.25. The van der Waals surface area contributed by atoms with E-state index in [1.807, 2.05) is 11.8 Å². The van der Waals surface area contributed by atoms with Gasteiger partial charge in [-0.2, -0.15) is 11.8 Å². The molecule has 0 saturated carbocycles. The van der Waals surface area contributed by atoms with Crippen LogP contribution in [0.5, 0.6) is 0 Å². The standard InChI is InChI=1S/C10H18N2OS.ClH/c13-10(8-3-4-11-6-8)12-7-9-2-1-5-14-9;/h8-9,11H,1-7H2,(H,12,13);1H/t8-,9?;/m1./s1. The first-order valence-electron chi connectivity index (χ1n) is 5.46. The van der Waals surface area contributed by atoms with Crippen molar-refractivity contribution in [2.24, 2.45) is 5.92 Å². The molecule has 2 N–H and O–H groups in total. The van der Waals surface area contributed by atoms with Crippen molar-refractivity contribution in [2.45, 2.75) is 24.5 Å². The monoisotopic (exact) mass is 250 g/mol. The molecule has 15 heavy (non-hydrogen) atoms. The molecule has 3 nitrogen and oxygen atoms in total. The van der Waals surface area contributed by atoms with Gasteiger partial charge in [0.25, 0.3) is 0 Å². The lowest BCUT2D eigenvalue weighted by Gasteiger charge is -2.13. The Morgan fingerprint density at radius 3 is 2.93 bits per heavy atom. The van der Waals surface area contributed by atoms with E-state index in [1.165, 1.54) is 18.6 Å². The van der Waals surface area contributed by atoms with Crippen LogP contribution in [0.25, 0.3) is 0 Å². The maximum absolute atomic E-state index is 11.6. The van der Waals surface area contributed by atoms with E-state index in [0.717, 1.165) is 26.1 Å². The summed E-state index contributed by atoms with van der Waals surface area (Å²) in [6.07, 6.45) is 3.59. The van der Waals surface area contributed by atoms with Crippen molar-refractivity contribution in [2.75, 3.05) is 25.4 Å². The fourth-order valence-electron chi connectivity index (χ4n) is 2.04. The van der Waals surface area contributed by atoms with Gasteiger partial charge < -0.3 is 10.6 Å². The lowest BCUT2D eigenvalue weighted by atomic mass is 10.1. The molecule has 1 amide bonds. The molecule has 0 aromatic heterocycles. The van der Waals surface area contributed by atoms with E-state index >= 15 is 0 Å². The normalized spacial score (nSPS) is 29.9. The number of thioether (sulfide) groups is 1. The minimum Gasteiger partial charge on any atom is -0.355 e. The van der Waals surface area contributed by atoms with Gasteiger partial charge in [-0.3, -0.25) is 4.79 Å². The smallest absolute Gasteiger partial charge is 0.224 e. The highest BCUT2D eigenvalue weighted by atomic mass is 35.5. The van der Waals surface area contributed by atoms with Gasteiger partial charge in [-0.1, -0.05) is 0 Å². The van der Waals surface area contributed by atoms with Crippen molar-refractivity contribution in [1.82, 2.24) is 10.6 Å². The third-order valence-corrected chi connectivity index (χ3v) is 4.36. The molecule has 2 fully saturated rings. The maximum atomic E-state index is 11.6. The number of nitrogens with one attached hydrogen (secondary N) is 2. The second-order valence-electron chi connectivity index (χ2n) is 4.07. The van der Waals surface area contributed by atoms with Gasteiger partial charge in [-0.15, -0.1) is 12.4 Å².